The van der Waals surface area contributed by atoms with Crippen molar-refractivity contribution in [1.29, 1.82) is 0 Å². The second-order valence-corrected chi connectivity index (χ2v) is 6.28. The summed E-state index contributed by atoms with van der Waals surface area (Å²) in [6.45, 7) is 2.18. The second kappa shape index (κ2) is 5.73. The van der Waals surface area contributed by atoms with Crippen LogP contribution in [0, 0.1) is 12.8 Å². The Morgan fingerprint density at radius 1 is 1.28 bits per heavy atom. The molecule has 126 valence electrons. The van der Waals surface area contributed by atoms with Gasteiger partial charge in [-0.05, 0) is 37.3 Å². The van der Waals surface area contributed by atoms with Gasteiger partial charge >= 0.3 is 5.97 Å². The molecule has 0 unspecified atom stereocenters. The number of hydrogen-bond acceptors (Lipinski definition) is 4. The quantitative estimate of drug-likeness (QED) is 0.794. The number of rotatable bonds is 3. The molecule has 1 aliphatic rings. The van der Waals surface area contributed by atoms with Crippen LogP contribution in [0.3, 0.4) is 0 Å². The number of oxazole rings is 1. The maximum atomic E-state index is 12.1. The summed E-state index contributed by atoms with van der Waals surface area (Å²) >= 11 is 0. The molecule has 1 aliphatic heterocycles. The van der Waals surface area contributed by atoms with Crippen molar-refractivity contribution in [3.05, 3.63) is 48.0 Å². The summed E-state index contributed by atoms with van der Waals surface area (Å²) in [7, 11) is 0. The van der Waals surface area contributed by atoms with Gasteiger partial charge < -0.3 is 14.4 Å². The minimum Gasteiger partial charge on any atom is -0.481 e. The molecule has 1 N–H and O–H groups in total. The lowest BCUT2D eigenvalue weighted by Gasteiger charge is -2.15. The second-order valence-electron chi connectivity index (χ2n) is 6.28. The number of carbonyl (C=O) groups excluding carboxylic acids is 1. The third-order valence-electron chi connectivity index (χ3n) is 4.42. The van der Waals surface area contributed by atoms with Gasteiger partial charge in [-0.25, -0.2) is 4.98 Å². The van der Waals surface area contributed by atoms with Crippen molar-refractivity contribution >= 4 is 28.7 Å². The molecule has 4 rings (SSSR count). The molecule has 2 aromatic carbocycles. The van der Waals surface area contributed by atoms with E-state index in [1.54, 1.807) is 18.2 Å². The summed E-state index contributed by atoms with van der Waals surface area (Å²) in [6.07, 6.45) is 0.0285. The Morgan fingerprint density at radius 3 is 2.84 bits per heavy atom. The van der Waals surface area contributed by atoms with Crippen LogP contribution in [-0.4, -0.2) is 28.5 Å². The standard InChI is InChI=1S/C19H16N2O4/c1-11-3-2-4-12(7-11)18-20-15-9-14(5-6-16(15)25-18)21-10-13(19(23)24)8-17(21)22/h2-7,9,13H,8,10H2,1H3,(H,23,24)/t13-/m0/s1. The van der Waals surface area contributed by atoms with Gasteiger partial charge in [-0.15, -0.1) is 0 Å². The molecule has 3 aromatic rings. The van der Waals surface area contributed by atoms with Crippen LogP contribution >= 0.6 is 0 Å². The number of hydrogen-bond donors (Lipinski definition) is 1. The minimum absolute atomic E-state index is 0.0285. The largest absolute Gasteiger partial charge is 0.481 e. The van der Waals surface area contributed by atoms with E-state index in [0.717, 1.165) is 11.1 Å². The van der Waals surface area contributed by atoms with Gasteiger partial charge in [-0.1, -0.05) is 17.7 Å². The zero-order valence-electron chi connectivity index (χ0n) is 13.6. The summed E-state index contributed by atoms with van der Waals surface area (Å²) in [5.41, 5.74) is 3.91. The lowest BCUT2D eigenvalue weighted by Crippen LogP contribution is -2.25. The SMILES string of the molecule is Cc1cccc(-c2nc3cc(N4C[C@@H](C(=O)O)CC4=O)ccc3o2)c1. The topological polar surface area (TPSA) is 83.6 Å². The van der Waals surface area contributed by atoms with Crippen LogP contribution in [0.5, 0.6) is 0 Å². The lowest BCUT2D eigenvalue weighted by molar-refractivity contribution is -0.141. The Morgan fingerprint density at radius 2 is 2.12 bits per heavy atom. The van der Waals surface area contributed by atoms with Crippen LogP contribution in [-0.2, 0) is 9.59 Å². The van der Waals surface area contributed by atoms with E-state index in [9.17, 15) is 9.59 Å². The summed E-state index contributed by atoms with van der Waals surface area (Å²) < 4.78 is 5.80. The maximum absolute atomic E-state index is 12.1. The number of aryl methyl sites for hydroxylation is 1. The van der Waals surface area contributed by atoms with E-state index in [2.05, 4.69) is 4.98 Å². The van der Waals surface area contributed by atoms with Gasteiger partial charge in [0, 0.05) is 24.2 Å². The average molecular weight is 336 g/mol. The first-order valence-electron chi connectivity index (χ1n) is 8.02. The van der Waals surface area contributed by atoms with Gasteiger partial charge in [0.15, 0.2) is 5.58 Å². The third kappa shape index (κ3) is 2.76. The third-order valence-corrected chi connectivity index (χ3v) is 4.42. The predicted octanol–water partition coefficient (Wildman–Crippen LogP) is 3.24. The zero-order chi connectivity index (χ0) is 17.6. The molecule has 1 amide bonds. The van der Waals surface area contributed by atoms with Crippen molar-refractivity contribution in [2.75, 3.05) is 11.4 Å². The first-order chi connectivity index (χ1) is 12.0. The van der Waals surface area contributed by atoms with E-state index >= 15 is 0 Å². The number of carbonyl (C=O) groups is 2. The molecular formula is C19H16N2O4. The first kappa shape index (κ1) is 15.4. The Hall–Kier alpha value is -3.15. The van der Waals surface area contributed by atoms with Crippen molar-refractivity contribution in [3.8, 4) is 11.5 Å². The number of amides is 1. The van der Waals surface area contributed by atoms with E-state index in [1.165, 1.54) is 4.90 Å². The van der Waals surface area contributed by atoms with E-state index in [1.807, 2.05) is 31.2 Å². The average Bonchev–Trinajstić information content (AvgIpc) is 3.17. The van der Waals surface area contributed by atoms with E-state index < -0.39 is 11.9 Å². The molecule has 25 heavy (non-hydrogen) atoms. The fourth-order valence-electron chi connectivity index (χ4n) is 3.11. The van der Waals surface area contributed by atoms with Gasteiger partial charge in [-0.3, -0.25) is 9.59 Å². The summed E-state index contributed by atoms with van der Waals surface area (Å²) in [5.74, 6) is -1.27. The number of benzene rings is 2. The molecule has 1 fully saturated rings. The van der Waals surface area contributed by atoms with E-state index in [0.29, 0.717) is 22.7 Å². The fourth-order valence-corrected chi connectivity index (χ4v) is 3.11. The molecule has 1 saturated heterocycles. The normalized spacial score (nSPS) is 17.4. The van der Waals surface area contributed by atoms with Crippen molar-refractivity contribution in [2.45, 2.75) is 13.3 Å². The number of carboxylic acids is 1. The molecule has 6 nitrogen and oxygen atoms in total. The molecule has 0 radical (unpaired) electrons. The van der Waals surface area contributed by atoms with Crippen LogP contribution < -0.4 is 4.90 Å². The number of carboxylic acid groups (broad SMARTS) is 1. The molecular weight excluding hydrogens is 320 g/mol. The number of nitrogens with zero attached hydrogens (tertiary/aromatic N) is 2. The number of aromatic nitrogens is 1. The highest BCUT2D eigenvalue weighted by atomic mass is 16.4. The smallest absolute Gasteiger partial charge is 0.308 e. The van der Waals surface area contributed by atoms with Crippen LogP contribution in [0.25, 0.3) is 22.6 Å². The molecule has 6 heteroatoms. The molecule has 0 aliphatic carbocycles. The Kier molecular flexibility index (Phi) is 3.53. The minimum atomic E-state index is -0.944. The molecule has 0 saturated carbocycles. The van der Waals surface area contributed by atoms with Crippen LogP contribution in [0.4, 0.5) is 5.69 Å². The molecule has 1 atom stereocenters. The number of aliphatic carboxylic acids is 1. The van der Waals surface area contributed by atoms with Gasteiger partial charge in [-0.2, -0.15) is 0 Å². The molecule has 2 heterocycles. The Bertz CT molecular complexity index is 992. The van der Waals surface area contributed by atoms with Crippen molar-refractivity contribution in [2.24, 2.45) is 5.92 Å². The summed E-state index contributed by atoms with van der Waals surface area (Å²) in [6, 6.07) is 13.2. The van der Waals surface area contributed by atoms with E-state index in [4.69, 9.17) is 9.52 Å². The zero-order valence-corrected chi connectivity index (χ0v) is 13.6. The van der Waals surface area contributed by atoms with E-state index in [-0.39, 0.29) is 18.9 Å². The van der Waals surface area contributed by atoms with Gasteiger partial charge in [0.25, 0.3) is 0 Å². The van der Waals surface area contributed by atoms with Gasteiger partial charge in [0.1, 0.15) is 5.52 Å². The Balaban J connectivity index is 1.69. The predicted molar refractivity (Wildman–Crippen MR) is 92.3 cm³/mol. The van der Waals surface area contributed by atoms with Crippen LogP contribution in [0.1, 0.15) is 12.0 Å². The number of anilines is 1. The van der Waals surface area contributed by atoms with Gasteiger partial charge in [0.05, 0.1) is 5.92 Å². The highest BCUT2D eigenvalue weighted by molar-refractivity contribution is 6.00. The highest BCUT2D eigenvalue weighted by Gasteiger charge is 2.35. The monoisotopic (exact) mass is 336 g/mol. The number of fused-ring (bicyclic) bond motifs is 1. The van der Waals surface area contributed by atoms with Crippen molar-refractivity contribution in [1.82, 2.24) is 4.98 Å². The Labute approximate surface area is 143 Å². The lowest BCUT2D eigenvalue weighted by atomic mass is 10.1. The summed E-state index contributed by atoms with van der Waals surface area (Å²) in [5, 5.41) is 9.11. The van der Waals surface area contributed by atoms with Gasteiger partial charge in [0.2, 0.25) is 11.8 Å². The molecule has 1 aromatic heterocycles. The van der Waals surface area contributed by atoms with Crippen molar-refractivity contribution < 1.29 is 19.1 Å². The highest BCUT2D eigenvalue weighted by Crippen LogP contribution is 2.30. The molecule has 0 spiro atoms. The maximum Gasteiger partial charge on any atom is 0.308 e. The fraction of sp³-hybridized carbons (Fsp3) is 0.211. The molecule has 0 bridgehead atoms. The van der Waals surface area contributed by atoms with Crippen LogP contribution in [0.15, 0.2) is 46.9 Å². The van der Waals surface area contributed by atoms with Crippen LogP contribution in [0.2, 0.25) is 0 Å². The summed E-state index contributed by atoms with van der Waals surface area (Å²) in [4.78, 5) is 29.2. The first-order valence-corrected chi connectivity index (χ1v) is 8.02. The van der Waals surface area contributed by atoms with Crippen molar-refractivity contribution in [3.63, 3.8) is 0 Å².